The van der Waals surface area contributed by atoms with Gasteiger partial charge in [-0.25, -0.2) is 9.59 Å². The molecule has 0 saturated carbocycles. The number of ether oxygens (including phenoxy) is 2. The molecule has 0 amide bonds. The van der Waals surface area contributed by atoms with Crippen molar-refractivity contribution in [3.8, 4) is 0 Å². The number of benzene rings is 1. The molecule has 0 radical (unpaired) electrons. The lowest BCUT2D eigenvalue weighted by molar-refractivity contribution is -0.384. The molecule has 1 atom stereocenters. The molecule has 0 spiro atoms. The predicted molar refractivity (Wildman–Crippen MR) is 111 cm³/mol. The SMILES string of the molecule is COC(=O)C1=C(C)NC(C)=C(C(=O)OCCCI)[C@H]1c1cccc([N+](=O)[O-])c1. The summed E-state index contributed by atoms with van der Waals surface area (Å²) in [6, 6.07) is 5.88. The molecular formula is C19H21IN2O6. The van der Waals surface area contributed by atoms with Crippen LogP contribution < -0.4 is 5.32 Å². The van der Waals surface area contributed by atoms with E-state index in [1.807, 2.05) is 0 Å². The molecule has 0 aliphatic carbocycles. The van der Waals surface area contributed by atoms with Crippen LogP contribution in [0.3, 0.4) is 0 Å². The largest absolute Gasteiger partial charge is 0.466 e. The van der Waals surface area contributed by atoms with Gasteiger partial charge in [0.15, 0.2) is 0 Å². The molecule has 9 heteroatoms. The first kappa shape index (κ1) is 21.9. The van der Waals surface area contributed by atoms with Crippen molar-refractivity contribution >= 4 is 40.2 Å². The highest BCUT2D eigenvalue weighted by Gasteiger charge is 2.38. The second kappa shape index (κ2) is 9.67. The van der Waals surface area contributed by atoms with Gasteiger partial charge in [0.2, 0.25) is 0 Å². The highest BCUT2D eigenvalue weighted by molar-refractivity contribution is 14.1. The molecule has 1 N–H and O–H groups in total. The topological polar surface area (TPSA) is 108 Å². The predicted octanol–water partition coefficient (Wildman–Crippen LogP) is 3.37. The molecule has 150 valence electrons. The van der Waals surface area contributed by atoms with Crippen molar-refractivity contribution in [1.29, 1.82) is 0 Å². The number of nitrogens with zero attached hydrogens (tertiary/aromatic N) is 1. The number of carbonyl (C=O) groups excluding carboxylic acids is 2. The summed E-state index contributed by atoms with van der Waals surface area (Å²) >= 11 is 2.19. The highest BCUT2D eigenvalue weighted by Crippen LogP contribution is 2.40. The van der Waals surface area contributed by atoms with E-state index in [0.29, 0.717) is 23.4 Å². The lowest BCUT2D eigenvalue weighted by Crippen LogP contribution is -2.32. The number of nitro benzene ring substituents is 1. The van der Waals surface area contributed by atoms with Crippen LogP contribution in [0.2, 0.25) is 0 Å². The standard InChI is InChI=1S/C19H21IN2O6/c1-11-15(18(23)27-3)17(13-6-4-7-14(10-13)22(25)26)16(12(2)21-11)19(24)28-9-5-8-20/h4,6-7,10,17,21H,5,8-9H2,1-3H3/t17-/m0/s1. The monoisotopic (exact) mass is 500 g/mol. The number of methoxy groups -OCH3 is 1. The number of dihydropyridines is 1. The first-order valence-electron chi connectivity index (χ1n) is 8.56. The van der Waals surface area contributed by atoms with E-state index in [4.69, 9.17) is 9.47 Å². The molecule has 0 saturated heterocycles. The number of esters is 2. The van der Waals surface area contributed by atoms with Crippen LogP contribution in [-0.2, 0) is 19.1 Å². The van der Waals surface area contributed by atoms with E-state index in [-0.39, 0.29) is 23.4 Å². The van der Waals surface area contributed by atoms with Crippen LogP contribution in [-0.4, -0.2) is 35.0 Å². The van der Waals surface area contributed by atoms with Gasteiger partial charge in [0.1, 0.15) is 0 Å². The Morgan fingerprint density at radius 2 is 1.86 bits per heavy atom. The van der Waals surface area contributed by atoms with Gasteiger partial charge in [-0.15, -0.1) is 0 Å². The van der Waals surface area contributed by atoms with Gasteiger partial charge < -0.3 is 14.8 Å². The van der Waals surface area contributed by atoms with Gasteiger partial charge in [0.05, 0.1) is 35.7 Å². The number of halogens is 1. The van der Waals surface area contributed by atoms with Gasteiger partial charge in [-0.2, -0.15) is 0 Å². The summed E-state index contributed by atoms with van der Waals surface area (Å²) in [5.74, 6) is -2.02. The van der Waals surface area contributed by atoms with Crippen molar-refractivity contribution in [3.63, 3.8) is 0 Å². The second-order valence-corrected chi connectivity index (χ2v) is 7.24. The minimum Gasteiger partial charge on any atom is -0.466 e. The van der Waals surface area contributed by atoms with Gasteiger partial charge >= 0.3 is 11.9 Å². The third-order valence-electron chi connectivity index (χ3n) is 4.31. The van der Waals surface area contributed by atoms with E-state index in [0.717, 1.165) is 4.43 Å². The summed E-state index contributed by atoms with van der Waals surface area (Å²) in [7, 11) is 1.25. The van der Waals surface area contributed by atoms with Crippen LogP contribution in [0.1, 0.15) is 31.7 Å². The molecule has 0 unspecified atom stereocenters. The Kier molecular flexibility index (Phi) is 7.55. The maximum absolute atomic E-state index is 12.8. The number of rotatable bonds is 7. The first-order chi connectivity index (χ1) is 13.3. The lowest BCUT2D eigenvalue weighted by atomic mass is 9.80. The van der Waals surface area contributed by atoms with Crippen LogP contribution in [0.4, 0.5) is 5.69 Å². The van der Waals surface area contributed by atoms with Crippen molar-refractivity contribution in [2.45, 2.75) is 26.2 Å². The lowest BCUT2D eigenvalue weighted by Gasteiger charge is -2.30. The fourth-order valence-corrected chi connectivity index (χ4v) is 3.40. The van der Waals surface area contributed by atoms with Gasteiger partial charge in [-0.3, -0.25) is 10.1 Å². The number of hydrogen-bond acceptors (Lipinski definition) is 7. The summed E-state index contributed by atoms with van der Waals surface area (Å²) in [4.78, 5) is 36.0. The Bertz CT molecular complexity index is 862. The van der Waals surface area contributed by atoms with E-state index >= 15 is 0 Å². The minimum atomic E-state index is -0.833. The Labute approximate surface area is 176 Å². The first-order valence-corrected chi connectivity index (χ1v) is 10.1. The van der Waals surface area contributed by atoms with Crippen LogP contribution in [0.25, 0.3) is 0 Å². The molecule has 0 aromatic heterocycles. The van der Waals surface area contributed by atoms with Crippen molar-refractivity contribution in [3.05, 3.63) is 62.5 Å². The molecule has 0 fully saturated rings. The second-order valence-electron chi connectivity index (χ2n) is 6.16. The molecule has 0 bridgehead atoms. The normalized spacial score (nSPS) is 16.5. The summed E-state index contributed by atoms with van der Waals surface area (Å²) < 4.78 is 11.1. The zero-order valence-corrected chi connectivity index (χ0v) is 17.9. The zero-order valence-electron chi connectivity index (χ0n) is 15.8. The molecular weight excluding hydrogens is 479 g/mol. The van der Waals surface area contributed by atoms with E-state index in [2.05, 4.69) is 27.9 Å². The average Bonchev–Trinajstić information content (AvgIpc) is 2.67. The third-order valence-corrected chi connectivity index (χ3v) is 5.07. The van der Waals surface area contributed by atoms with Crippen LogP contribution in [0, 0.1) is 10.1 Å². The maximum Gasteiger partial charge on any atom is 0.336 e. The van der Waals surface area contributed by atoms with Crippen molar-refractivity contribution in [1.82, 2.24) is 5.32 Å². The van der Waals surface area contributed by atoms with E-state index in [1.165, 1.54) is 25.3 Å². The van der Waals surface area contributed by atoms with Crippen molar-refractivity contribution in [2.75, 3.05) is 18.1 Å². The van der Waals surface area contributed by atoms with Gasteiger partial charge in [0.25, 0.3) is 5.69 Å². The number of non-ortho nitro benzene ring substituents is 1. The number of nitro groups is 1. The smallest absolute Gasteiger partial charge is 0.336 e. The van der Waals surface area contributed by atoms with Crippen LogP contribution in [0.5, 0.6) is 0 Å². The summed E-state index contributed by atoms with van der Waals surface area (Å²) in [5, 5.41) is 14.2. The average molecular weight is 500 g/mol. The van der Waals surface area contributed by atoms with E-state index in [1.54, 1.807) is 19.9 Å². The minimum absolute atomic E-state index is 0.131. The van der Waals surface area contributed by atoms with Crippen LogP contribution in [0.15, 0.2) is 46.8 Å². The Hall–Kier alpha value is -2.43. The zero-order chi connectivity index (χ0) is 20.8. The van der Waals surface area contributed by atoms with Crippen molar-refractivity contribution in [2.24, 2.45) is 0 Å². The highest BCUT2D eigenvalue weighted by atomic mass is 127. The molecule has 2 rings (SSSR count). The van der Waals surface area contributed by atoms with Gasteiger partial charge in [-0.05, 0) is 25.8 Å². The Balaban J connectivity index is 2.60. The fourth-order valence-electron chi connectivity index (χ4n) is 3.09. The number of carbonyl (C=O) groups is 2. The number of allylic oxidation sites excluding steroid dienone is 2. The van der Waals surface area contributed by atoms with Crippen LogP contribution >= 0.6 is 22.6 Å². The maximum atomic E-state index is 12.8. The molecule has 1 aromatic carbocycles. The number of alkyl halides is 1. The summed E-state index contributed by atoms with van der Waals surface area (Å²) in [5.41, 5.74) is 1.81. The molecule has 8 nitrogen and oxygen atoms in total. The molecule has 28 heavy (non-hydrogen) atoms. The molecule has 1 aromatic rings. The van der Waals surface area contributed by atoms with Gasteiger partial charge in [-0.1, -0.05) is 34.7 Å². The Morgan fingerprint density at radius 1 is 1.21 bits per heavy atom. The quantitative estimate of drug-likeness (QED) is 0.153. The summed E-state index contributed by atoms with van der Waals surface area (Å²) in [6.45, 7) is 3.64. The summed E-state index contributed by atoms with van der Waals surface area (Å²) in [6.07, 6.45) is 0.701. The molecule has 1 heterocycles. The van der Waals surface area contributed by atoms with Gasteiger partial charge in [0, 0.05) is 28.0 Å². The fraction of sp³-hybridized carbons (Fsp3) is 0.368. The third kappa shape index (κ3) is 4.70. The Morgan fingerprint density at radius 3 is 2.43 bits per heavy atom. The van der Waals surface area contributed by atoms with E-state index < -0.39 is 22.8 Å². The molecule has 1 aliphatic rings. The number of nitrogens with one attached hydrogen (secondary N) is 1. The number of hydrogen-bond donors (Lipinski definition) is 1. The van der Waals surface area contributed by atoms with Crippen molar-refractivity contribution < 1.29 is 24.0 Å². The molecule has 1 aliphatic heterocycles. The van der Waals surface area contributed by atoms with E-state index in [9.17, 15) is 19.7 Å².